The van der Waals surface area contributed by atoms with E-state index in [-0.39, 0.29) is 24.8 Å². The number of nitrogens with one attached hydrogen (secondary N) is 1. The fourth-order valence-electron chi connectivity index (χ4n) is 3.46. The summed E-state index contributed by atoms with van der Waals surface area (Å²) in [5.41, 5.74) is 1.16. The molecular weight excluding hydrogens is 412 g/mol. The third-order valence-electron chi connectivity index (χ3n) is 5.04. The van der Waals surface area contributed by atoms with E-state index in [1.807, 2.05) is 0 Å². The summed E-state index contributed by atoms with van der Waals surface area (Å²) >= 11 is 0. The van der Waals surface area contributed by atoms with Crippen molar-refractivity contribution in [3.63, 3.8) is 0 Å². The summed E-state index contributed by atoms with van der Waals surface area (Å²) in [6, 6.07) is 12.2. The van der Waals surface area contributed by atoms with Gasteiger partial charge in [0.1, 0.15) is 17.2 Å². The minimum atomic E-state index is -0.501. The minimum Gasteiger partial charge on any atom is -0.497 e. The predicted molar refractivity (Wildman–Crippen MR) is 117 cm³/mol. The Bertz CT molecular complexity index is 1120. The highest BCUT2D eigenvalue weighted by atomic mass is 16.5. The molecular formula is C23H22N4O5. The Labute approximate surface area is 185 Å². The average Bonchev–Trinajstić information content (AvgIpc) is 3.21. The third kappa shape index (κ3) is 4.61. The predicted octanol–water partition coefficient (Wildman–Crippen LogP) is 3.28. The molecule has 1 saturated heterocycles. The number of anilines is 2. The molecule has 0 bridgehead atoms. The number of aromatic nitrogens is 2. The number of hydrogen-bond donors (Lipinski definition) is 1. The highest BCUT2D eigenvalue weighted by Gasteiger charge is 2.36. The van der Waals surface area contributed by atoms with Crippen LogP contribution in [0.3, 0.4) is 0 Å². The fourth-order valence-corrected chi connectivity index (χ4v) is 3.46. The van der Waals surface area contributed by atoms with Gasteiger partial charge in [-0.2, -0.15) is 0 Å². The van der Waals surface area contributed by atoms with Crippen molar-refractivity contribution in [3.05, 3.63) is 61.1 Å². The number of ether oxygens (including phenoxy) is 3. The molecule has 1 unspecified atom stereocenters. The molecule has 1 aliphatic heterocycles. The molecule has 2 heterocycles. The van der Waals surface area contributed by atoms with Crippen molar-refractivity contribution < 1.29 is 23.8 Å². The van der Waals surface area contributed by atoms with Gasteiger partial charge in [-0.15, -0.1) is 0 Å². The lowest BCUT2D eigenvalue weighted by Crippen LogP contribution is -2.28. The molecule has 32 heavy (non-hydrogen) atoms. The van der Waals surface area contributed by atoms with Crippen LogP contribution >= 0.6 is 0 Å². The zero-order chi connectivity index (χ0) is 22.5. The zero-order valence-corrected chi connectivity index (χ0v) is 17.6. The van der Waals surface area contributed by atoms with Crippen LogP contribution in [0.15, 0.2) is 61.1 Å². The van der Waals surface area contributed by atoms with Gasteiger partial charge in [0.2, 0.25) is 17.7 Å². The Morgan fingerprint density at radius 2 is 1.97 bits per heavy atom. The number of amides is 2. The van der Waals surface area contributed by atoms with E-state index in [0.717, 1.165) is 0 Å². The highest BCUT2D eigenvalue weighted by molar-refractivity contribution is 6.04. The maximum atomic E-state index is 12.9. The summed E-state index contributed by atoms with van der Waals surface area (Å²) in [6.45, 7) is 0.253. The second-order valence-corrected chi connectivity index (χ2v) is 7.11. The molecule has 1 aromatic heterocycles. The van der Waals surface area contributed by atoms with Gasteiger partial charge in [0, 0.05) is 43.2 Å². The van der Waals surface area contributed by atoms with E-state index in [4.69, 9.17) is 14.2 Å². The van der Waals surface area contributed by atoms with Gasteiger partial charge in [-0.05, 0) is 24.3 Å². The Kier molecular flexibility index (Phi) is 6.16. The lowest BCUT2D eigenvalue weighted by molar-refractivity contribution is -0.122. The van der Waals surface area contributed by atoms with E-state index in [0.29, 0.717) is 34.5 Å². The van der Waals surface area contributed by atoms with Gasteiger partial charge in [-0.3, -0.25) is 14.6 Å². The molecule has 0 radical (unpaired) electrons. The molecule has 0 aliphatic carbocycles. The largest absolute Gasteiger partial charge is 0.497 e. The highest BCUT2D eigenvalue weighted by Crippen LogP contribution is 2.36. The minimum absolute atomic E-state index is 0.108. The van der Waals surface area contributed by atoms with Crippen LogP contribution in [0.4, 0.5) is 11.4 Å². The lowest BCUT2D eigenvalue weighted by Gasteiger charge is -2.20. The number of carbonyl (C=O) groups is 2. The first kappa shape index (κ1) is 21.1. The number of methoxy groups -OCH3 is 2. The Hall–Kier alpha value is -4.14. The topological polar surface area (TPSA) is 103 Å². The molecule has 2 aromatic carbocycles. The summed E-state index contributed by atoms with van der Waals surface area (Å²) in [7, 11) is 3.09. The summed E-state index contributed by atoms with van der Waals surface area (Å²) in [5, 5.41) is 2.86. The van der Waals surface area contributed by atoms with Crippen LogP contribution in [-0.2, 0) is 9.59 Å². The van der Waals surface area contributed by atoms with Crippen LogP contribution in [0, 0.1) is 5.92 Å². The first-order chi connectivity index (χ1) is 15.6. The Morgan fingerprint density at radius 3 is 2.72 bits per heavy atom. The molecule has 0 saturated carbocycles. The van der Waals surface area contributed by atoms with E-state index in [1.54, 1.807) is 60.7 Å². The molecule has 1 N–H and O–H groups in total. The van der Waals surface area contributed by atoms with Crippen molar-refractivity contribution in [1.29, 1.82) is 0 Å². The standard InChI is InChI=1S/C23H22N4O5/c1-30-17-6-7-19(20(12-17)31-2)27-14-15(10-22(27)28)23(29)26-16-4-3-5-18(11-16)32-21-13-24-8-9-25-21/h3-9,11-13,15H,10,14H2,1-2H3,(H,26,29). The molecule has 2 amide bonds. The molecule has 1 aliphatic rings. The van der Waals surface area contributed by atoms with Crippen molar-refractivity contribution in [2.75, 3.05) is 31.0 Å². The molecule has 0 spiro atoms. The quantitative estimate of drug-likeness (QED) is 0.609. The van der Waals surface area contributed by atoms with Crippen LogP contribution in [0.1, 0.15) is 6.42 Å². The van der Waals surface area contributed by atoms with Crippen molar-refractivity contribution in [2.45, 2.75) is 6.42 Å². The van der Waals surface area contributed by atoms with E-state index in [1.165, 1.54) is 19.5 Å². The lowest BCUT2D eigenvalue weighted by atomic mass is 10.1. The first-order valence-corrected chi connectivity index (χ1v) is 9.94. The van der Waals surface area contributed by atoms with Crippen molar-refractivity contribution in [1.82, 2.24) is 9.97 Å². The van der Waals surface area contributed by atoms with Crippen LogP contribution < -0.4 is 24.4 Å². The number of nitrogens with zero attached hydrogens (tertiary/aromatic N) is 3. The van der Waals surface area contributed by atoms with Crippen LogP contribution in [0.2, 0.25) is 0 Å². The van der Waals surface area contributed by atoms with E-state index >= 15 is 0 Å². The van der Waals surface area contributed by atoms with Crippen LogP contribution in [0.25, 0.3) is 0 Å². The monoisotopic (exact) mass is 434 g/mol. The fraction of sp³-hybridized carbons (Fsp3) is 0.217. The van der Waals surface area contributed by atoms with Gasteiger partial charge in [0.15, 0.2) is 0 Å². The van der Waals surface area contributed by atoms with E-state index < -0.39 is 5.92 Å². The summed E-state index contributed by atoms with van der Waals surface area (Å²) < 4.78 is 16.3. The van der Waals surface area contributed by atoms with Crippen LogP contribution in [0.5, 0.6) is 23.1 Å². The van der Waals surface area contributed by atoms with Gasteiger partial charge in [-0.1, -0.05) is 6.07 Å². The van der Waals surface area contributed by atoms with Gasteiger partial charge in [-0.25, -0.2) is 4.98 Å². The zero-order valence-electron chi connectivity index (χ0n) is 17.6. The molecule has 1 fully saturated rings. The molecule has 1 atom stereocenters. The number of hydrogen-bond acceptors (Lipinski definition) is 7. The maximum absolute atomic E-state index is 12.9. The van der Waals surface area contributed by atoms with E-state index in [9.17, 15) is 9.59 Å². The Balaban J connectivity index is 1.44. The second kappa shape index (κ2) is 9.34. The van der Waals surface area contributed by atoms with Gasteiger partial charge >= 0.3 is 0 Å². The smallest absolute Gasteiger partial charge is 0.237 e. The maximum Gasteiger partial charge on any atom is 0.237 e. The molecule has 9 heteroatoms. The molecule has 4 rings (SSSR count). The van der Waals surface area contributed by atoms with Crippen LogP contribution in [-0.4, -0.2) is 42.5 Å². The van der Waals surface area contributed by atoms with E-state index in [2.05, 4.69) is 15.3 Å². The SMILES string of the molecule is COc1ccc(N2CC(C(=O)Nc3cccc(Oc4cnccn4)c3)CC2=O)c(OC)c1. The number of benzene rings is 2. The summed E-state index contributed by atoms with van der Waals surface area (Å²) in [5.74, 6) is 1.09. The molecule has 3 aromatic rings. The van der Waals surface area contributed by atoms with Gasteiger partial charge in [0.25, 0.3) is 0 Å². The number of rotatable bonds is 7. The molecule has 9 nitrogen and oxygen atoms in total. The second-order valence-electron chi connectivity index (χ2n) is 7.11. The number of carbonyl (C=O) groups excluding carboxylic acids is 2. The summed E-state index contributed by atoms with van der Waals surface area (Å²) in [6.07, 6.45) is 4.69. The first-order valence-electron chi connectivity index (χ1n) is 9.94. The third-order valence-corrected chi connectivity index (χ3v) is 5.04. The molecule has 164 valence electrons. The normalized spacial score (nSPS) is 15.4. The average molecular weight is 434 g/mol. The Morgan fingerprint density at radius 1 is 1.09 bits per heavy atom. The van der Waals surface area contributed by atoms with Gasteiger partial charge < -0.3 is 24.4 Å². The van der Waals surface area contributed by atoms with Crippen molar-refractivity contribution >= 4 is 23.2 Å². The van der Waals surface area contributed by atoms with Gasteiger partial charge in [0.05, 0.1) is 32.0 Å². The summed E-state index contributed by atoms with van der Waals surface area (Å²) in [4.78, 5) is 35.1. The van der Waals surface area contributed by atoms with Crippen molar-refractivity contribution in [3.8, 4) is 23.1 Å². The van der Waals surface area contributed by atoms with Crippen molar-refractivity contribution in [2.24, 2.45) is 5.92 Å².